The lowest BCUT2D eigenvalue weighted by atomic mass is 9.96. The summed E-state index contributed by atoms with van der Waals surface area (Å²) in [5.74, 6) is -3.66. The van der Waals surface area contributed by atoms with Crippen LogP contribution in [0.5, 0.6) is 11.5 Å². The first-order valence-electron chi connectivity index (χ1n) is 20.1. The Labute approximate surface area is 353 Å². The molecule has 0 saturated carbocycles. The fourth-order valence-corrected chi connectivity index (χ4v) is 7.81. The normalized spacial score (nSPS) is 20.2. The van der Waals surface area contributed by atoms with Crippen LogP contribution in [-0.4, -0.2) is 128 Å². The summed E-state index contributed by atoms with van der Waals surface area (Å²) in [6, 6.07) is 7.71. The SMILES string of the molecule is COC(=O)N[C@H](C(=O)N1CCC[C@@]1(C)C(=O)OCC(=O)c1ccc(-c2ccc(C(=O)COC(=O)[C@]3(C)CCCN3C(=O)[C@@H](NC(=O)OC)C(C)C)c3c2OCO3)cc1)C(C)C. The highest BCUT2D eigenvalue weighted by atomic mass is 16.7. The molecule has 4 atom stereocenters. The van der Waals surface area contributed by atoms with Gasteiger partial charge >= 0.3 is 24.1 Å². The second-order valence-corrected chi connectivity index (χ2v) is 16.3. The first-order chi connectivity index (χ1) is 28.9. The van der Waals surface area contributed by atoms with Crippen LogP contribution in [0.1, 0.15) is 87.9 Å². The van der Waals surface area contributed by atoms with E-state index >= 15 is 0 Å². The lowest BCUT2D eigenvalue weighted by Gasteiger charge is -2.36. The van der Waals surface area contributed by atoms with E-state index in [0.29, 0.717) is 36.8 Å². The lowest BCUT2D eigenvalue weighted by Crippen LogP contribution is -2.58. The fourth-order valence-electron chi connectivity index (χ4n) is 7.81. The second kappa shape index (κ2) is 19.0. The zero-order valence-electron chi connectivity index (χ0n) is 35.7. The zero-order chi connectivity index (χ0) is 44.8. The van der Waals surface area contributed by atoms with Crippen LogP contribution in [0.4, 0.5) is 9.59 Å². The van der Waals surface area contributed by atoms with Crippen molar-refractivity contribution in [3.63, 3.8) is 0 Å². The summed E-state index contributed by atoms with van der Waals surface area (Å²) < 4.78 is 31.7. The highest BCUT2D eigenvalue weighted by Crippen LogP contribution is 2.44. The van der Waals surface area contributed by atoms with Crippen molar-refractivity contribution >= 4 is 47.5 Å². The van der Waals surface area contributed by atoms with E-state index in [2.05, 4.69) is 20.1 Å². The van der Waals surface area contributed by atoms with Crippen LogP contribution in [0.2, 0.25) is 0 Å². The molecule has 3 aliphatic heterocycles. The number of esters is 2. The molecule has 0 spiro atoms. The average molecular weight is 851 g/mol. The molecule has 2 fully saturated rings. The predicted octanol–water partition coefficient (Wildman–Crippen LogP) is 4.06. The molecular formula is C43H54N4O14. The van der Waals surface area contributed by atoms with Crippen molar-refractivity contribution in [3.8, 4) is 22.6 Å². The number of carbonyl (C=O) groups excluding carboxylic acids is 8. The number of nitrogens with zero attached hydrogens (tertiary/aromatic N) is 2. The number of methoxy groups -OCH3 is 2. The Morgan fingerprint density at radius 3 is 1.57 bits per heavy atom. The van der Waals surface area contributed by atoms with Gasteiger partial charge in [-0.2, -0.15) is 0 Å². The number of likely N-dealkylation sites (tertiary alicyclic amines) is 2. The largest absolute Gasteiger partial charge is 0.456 e. The van der Waals surface area contributed by atoms with E-state index in [1.54, 1.807) is 71.9 Å². The third-order valence-corrected chi connectivity index (χ3v) is 11.5. The molecule has 2 N–H and O–H groups in total. The molecule has 3 heterocycles. The molecule has 0 aromatic heterocycles. The summed E-state index contributed by atoms with van der Waals surface area (Å²) in [6.07, 6.45) is 0.0976. The standard InChI is InChI=1S/C43H54N4O14/c1-24(2)32(44-40(54)56-7)36(50)46-19-9-17-42(46,5)38(52)58-21-30(48)27-13-11-26(12-14-27)28-15-16-29(35-34(28)60-23-61-35)31(49)22-59-39(53)43(6)18-10-20-47(43)37(51)33(25(3)4)45-41(55)57-8/h11-16,24-25,32-33H,9-10,17-23H2,1-8H3,(H,44,54)(H,45,55)/t32-,33-,42-,43-/m0/s1. The minimum absolute atomic E-state index is 0.111. The Hall–Kier alpha value is -6.20. The number of hydrogen-bond donors (Lipinski definition) is 2. The maximum atomic E-state index is 13.5. The van der Waals surface area contributed by atoms with Crippen LogP contribution in [0, 0.1) is 11.8 Å². The minimum Gasteiger partial charge on any atom is -0.456 e. The van der Waals surface area contributed by atoms with E-state index < -0.39 is 83.9 Å². The van der Waals surface area contributed by atoms with Crippen molar-refractivity contribution in [2.45, 2.75) is 90.4 Å². The number of fused-ring (bicyclic) bond motifs is 1. The molecule has 2 aromatic carbocycles. The monoisotopic (exact) mass is 850 g/mol. The van der Waals surface area contributed by atoms with Gasteiger partial charge in [-0.15, -0.1) is 0 Å². The third kappa shape index (κ3) is 9.57. The van der Waals surface area contributed by atoms with Crippen molar-refractivity contribution in [2.24, 2.45) is 11.8 Å². The van der Waals surface area contributed by atoms with Gasteiger partial charge in [0.1, 0.15) is 23.2 Å². The van der Waals surface area contributed by atoms with E-state index in [4.69, 9.17) is 18.9 Å². The van der Waals surface area contributed by atoms with Gasteiger partial charge in [0.15, 0.2) is 30.5 Å². The van der Waals surface area contributed by atoms with Gasteiger partial charge in [0.05, 0.1) is 19.8 Å². The van der Waals surface area contributed by atoms with Gasteiger partial charge in [-0.1, -0.05) is 52.0 Å². The molecule has 2 saturated heterocycles. The third-order valence-electron chi connectivity index (χ3n) is 11.5. The molecule has 0 aliphatic carbocycles. The van der Waals surface area contributed by atoms with Crippen LogP contribution in [-0.2, 0) is 38.1 Å². The molecule has 18 heteroatoms. The lowest BCUT2D eigenvalue weighted by molar-refractivity contribution is -0.160. The molecule has 61 heavy (non-hydrogen) atoms. The summed E-state index contributed by atoms with van der Waals surface area (Å²) in [7, 11) is 2.38. The Kier molecular flexibility index (Phi) is 14.3. The number of Topliss-reactive ketones (excluding diaryl/α,β-unsaturated/α-hetero) is 2. The van der Waals surface area contributed by atoms with Crippen LogP contribution in [0.25, 0.3) is 11.1 Å². The van der Waals surface area contributed by atoms with Crippen LogP contribution in [0.15, 0.2) is 36.4 Å². The highest BCUT2D eigenvalue weighted by Gasteiger charge is 2.50. The molecule has 5 rings (SSSR count). The van der Waals surface area contributed by atoms with E-state index in [0.717, 1.165) is 0 Å². The number of ketones is 2. The maximum absolute atomic E-state index is 13.5. The predicted molar refractivity (Wildman–Crippen MR) is 216 cm³/mol. The van der Waals surface area contributed by atoms with Crippen LogP contribution < -0.4 is 20.1 Å². The molecule has 0 unspecified atom stereocenters. The number of benzene rings is 2. The maximum Gasteiger partial charge on any atom is 0.407 e. The van der Waals surface area contributed by atoms with Gasteiger partial charge in [0.2, 0.25) is 24.4 Å². The molecular weight excluding hydrogens is 796 g/mol. The average Bonchev–Trinajstić information content (AvgIpc) is 4.01. The molecule has 4 amide bonds. The van der Waals surface area contributed by atoms with Crippen molar-refractivity contribution in [1.82, 2.24) is 20.4 Å². The van der Waals surface area contributed by atoms with Crippen molar-refractivity contribution in [2.75, 3.05) is 47.3 Å². The van der Waals surface area contributed by atoms with E-state index in [-0.39, 0.29) is 54.3 Å². The quantitative estimate of drug-likeness (QED) is 0.147. The summed E-state index contributed by atoms with van der Waals surface area (Å²) in [4.78, 5) is 107. The van der Waals surface area contributed by atoms with Crippen molar-refractivity contribution in [1.29, 1.82) is 0 Å². The number of nitrogens with one attached hydrogen (secondary N) is 2. The van der Waals surface area contributed by atoms with Crippen molar-refractivity contribution in [3.05, 3.63) is 47.5 Å². The van der Waals surface area contributed by atoms with Gasteiger partial charge < -0.3 is 48.9 Å². The summed E-state index contributed by atoms with van der Waals surface area (Å²) >= 11 is 0. The van der Waals surface area contributed by atoms with Gasteiger partial charge in [0.25, 0.3) is 0 Å². The fraction of sp³-hybridized carbons (Fsp3) is 0.535. The number of hydrogen-bond acceptors (Lipinski definition) is 14. The summed E-state index contributed by atoms with van der Waals surface area (Å²) in [6.45, 7) is 9.32. The molecule has 0 bridgehead atoms. The second-order valence-electron chi connectivity index (χ2n) is 16.3. The van der Waals surface area contributed by atoms with Crippen LogP contribution in [0.3, 0.4) is 0 Å². The first-order valence-corrected chi connectivity index (χ1v) is 20.1. The van der Waals surface area contributed by atoms with Gasteiger partial charge in [-0.25, -0.2) is 19.2 Å². The van der Waals surface area contributed by atoms with Gasteiger partial charge in [0, 0.05) is 24.2 Å². The van der Waals surface area contributed by atoms with E-state index in [1.807, 2.05) is 0 Å². The highest BCUT2D eigenvalue weighted by molar-refractivity contribution is 6.03. The molecule has 0 radical (unpaired) electrons. The molecule has 330 valence electrons. The Morgan fingerprint density at radius 1 is 0.656 bits per heavy atom. The van der Waals surface area contributed by atoms with E-state index in [1.165, 1.54) is 30.1 Å². The minimum atomic E-state index is -1.37. The molecule has 3 aliphatic rings. The smallest absolute Gasteiger partial charge is 0.407 e. The number of rotatable bonds is 15. The first kappa shape index (κ1) is 45.9. The number of ether oxygens (including phenoxy) is 6. The summed E-state index contributed by atoms with van der Waals surface area (Å²) in [5, 5.41) is 5.07. The molecule has 18 nitrogen and oxygen atoms in total. The van der Waals surface area contributed by atoms with Crippen LogP contribution >= 0.6 is 0 Å². The van der Waals surface area contributed by atoms with Crippen molar-refractivity contribution < 1.29 is 66.8 Å². The Morgan fingerprint density at radius 2 is 1.11 bits per heavy atom. The molecule has 2 aromatic rings. The van der Waals surface area contributed by atoms with Gasteiger partial charge in [-0.3, -0.25) is 19.2 Å². The van der Waals surface area contributed by atoms with E-state index in [9.17, 15) is 38.4 Å². The topological polar surface area (TPSA) is 222 Å². The summed E-state index contributed by atoms with van der Waals surface area (Å²) in [5.41, 5.74) is -1.18. The van der Waals surface area contributed by atoms with Gasteiger partial charge in [-0.05, 0) is 69.1 Å². The number of amides is 4. The number of alkyl carbamates (subject to hydrolysis) is 2. The Balaban J connectivity index is 1.21. The zero-order valence-corrected chi connectivity index (χ0v) is 35.7. The Bertz CT molecular complexity index is 2050. The number of carbonyl (C=O) groups is 8.